The van der Waals surface area contributed by atoms with Crippen LogP contribution in [-0.2, 0) is 6.42 Å². The van der Waals surface area contributed by atoms with Crippen molar-refractivity contribution in [3.05, 3.63) is 83.4 Å². The SMILES string of the molecule is Cl.N#Cc1cccc(C[C@H](N)c2c(F)cccc2-c2noc3ccccc23)n1. The van der Waals surface area contributed by atoms with E-state index in [4.69, 9.17) is 15.5 Å². The monoisotopic (exact) mass is 394 g/mol. The largest absolute Gasteiger partial charge is 0.356 e. The highest BCUT2D eigenvalue weighted by Crippen LogP contribution is 2.34. The summed E-state index contributed by atoms with van der Waals surface area (Å²) in [6, 6.07) is 18.7. The van der Waals surface area contributed by atoms with Crippen molar-refractivity contribution >= 4 is 23.4 Å². The van der Waals surface area contributed by atoms with Crippen molar-refractivity contribution in [1.82, 2.24) is 10.1 Å². The van der Waals surface area contributed by atoms with Gasteiger partial charge in [-0.25, -0.2) is 9.37 Å². The summed E-state index contributed by atoms with van der Waals surface area (Å²) in [5, 5.41) is 13.9. The fourth-order valence-electron chi connectivity index (χ4n) is 3.18. The van der Waals surface area contributed by atoms with E-state index in [9.17, 15) is 4.39 Å². The van der Waals surface area contributed by atoms with Crippen LogP contribution in [0, 0.1) is 17.1 Å². The van der Waals surface area contributed by atoms with E-state index < -0.39 is 11.9 Å². The van der Waals surface area contributed by atoms with E-state index in [1.54, 1.807) is 30.3 Å². The molecule has 0 aliphatic carbocycles. The number of halogens is 2. The number of fused-ring (bicyclic) bond motifs is 1. The van der Waals surface area contributed by atoms with Gasteiger partial charge in [0.05, 0.1) is 0 Å². The standard InChI is InChI=1S/C21H15FN4O.ClH/c22-17-9-4-8-16(21-15-7-1-2-10-19(15)27-26-21)20(17)18(24)11-13-5-3-6-14(12-23)25-13;/h1-10,18H,11,24H2;1H/t18-;/m0./s1. The lowest BCUT2D eigenvalue weighted by atomic mass is 9.93. The van der Waals surface area contributed by atoms with Gasteiger partial charge in [0.1, 0.15) is 23.3 Å². The Morgan fingerprint density at radius 2 is 1.86 bits per heavy atom. The second-order valence-corrected chi connectivity index (χ2v) is 6.16. The fraction of sp³-hybridized carbons (Fsp3) is 0.0952. The number of hydrogen-bond donors (Lipinski definition) is 1. The number of benzene rings is 2. The summed E-state index contributed by atoms with van der Waals surface area (Å²) in [5.74, 6) is -0.413. The smallest absolute Gasteiger partial charge is 0.167 e. The highest BCUT2D eigenvalue weighted by Gasteiger charge is 2.21. The molecule has 1 atom stereocenters. The lowest BCUT2D eigenvalue weighted by Crippen LogP contribution is -2.17. The van der Waals surface area contributed by atoms with Crippen LogP contribution in [0.5, 0.6) is 0 Å². The van der Waals surface area contributed by atoms with Crippen LogP contribution in [0.15, 0.2) is 65.2 Å². The quantitative estimate of drug-likeness (QED) is 0.547. The van der Waals surface area contributed by atoms with Crippen LogP contribution in [0.4, 0.5) is 4.39 Å². The Balaban J connectivity index is 0.00000225. The first kappa shape index (κ1) is 19.5. The number of rotatable bonds is 4. The molecular weight excluding hydrogens is 379 g/mol. The maximum atomic E-state index is 14.7. The van der Waals surface area contributed by atoms with E-state index in [-0.39, 0.29) is 12.4 Å². The third kappa shape index (κ3) is 3.58. The third-order valence-corrected chi connectivity index (χ3v) is 4.41. The summed E-state index contributed by atoms with van der Waals surface area (Å²) in [4.78, 5) is 4.23. The van der Waals surface area contributed by atoms with E-state index in [2.05, 4.69) is 10.1 Å². The maximum absolute atomic E-state index is 14.7. The molecule has 4 aromatic rings. The Hall–Kier alpha value is -3.27. The minimum Gasteiger partial charge on any atom is -0.356 e. The fourth-order valence-corrected chi connectivity index (χ4v) is 3.18. The number of para-hydroxylation sites is 1. The van der Waals surface area contributed by atoms with Crippen molar-refractivity contribution < 1.29 is 8.91 Å². The zero-order chi connectivity index (χ0) is 18.8. The number of nitrogens with zero attached hydrogens (tertiary/aromatic N) is 3. The minimum atomic E-state index is -0.655. The topological polar surface area (TPSA) is 88.7 Å². The van der Waals surface area contributed by atoms with Crippen LogP contribution in [0.1, 0.15) is 23.0 Å². The summed E-state index contributed by atoms with van der Waals surface area (Å²) >= 11 is 0. The molecule has 2 N–H and O–H groups in total. The molecule has 0 unspecified atom stereocenters. The van der Waals surface area contributed by atoms with Gasteiger partial charge >= 0.3 is 0 Å². The van der Waals surface area contributed by atoms with Gasteiger partial charge in [-0.2, -0.15) is 5.26 Å². The van der Waals surface area contributed by atoms with Gasteiger partial charge in [-0.3, -0.25) is 0 Å². The molecule has 0 radical (unpaired) electrons. The molecule has 0 spiro atoms. The Bertz CT molecular complexity index is 1170. The van der Waals surface area contributed by atoms with E-state index in [0.717, 1.165) is 5.39 Å². The molecular formula is C21H16ClFN4O. The Kier molecular flexibility index (Phi) is 5.69. The van der Waals surface area contributed by atoms with Gasteiger partial charge in [0, 0.05) is 34.7 Å². The molecule has 28 heavy (non-hydrogen) atoms. The molecule has 7 heteroatoms. The van der Waals surface area contributed by atoms with Crippen LogP contribution in [0.3, 0.4) is 0 Å². The minimum absolute atomic E-state index is 0. The van der Waals surface area contributed by atoms with Gasteiger partial charge in [-0.05, 0) is 30.3 Å². The van der Waals surface area contributed by atoms with Gasteiger partial charge in [-0.15, -0.1) is 12.4 Å². The molecule has 0 aliphatic rings. The molecule has 140 valence electrons. The van der Waals surface area contributed by atoms with Crippen LogP contribution in [0.2, 0.25) is 0 Å². The molecule has 2 aromatic carbocycles. The predicted octanol–water partition coefficient (Wildman–Crippen LogP) is 4.56. The third-order valence-electron chi connectivity index (χ3n) is 4.41. The molecule has 0 saturated carbocycles. The van der Waals surface area contributed by atoms with Gasteiger partial charge in [0.15, 0.2) is 5.58 Å². The molecule has 0 aliphatic heterocycles. The van der Waals surface area contributed by atoms with Gasteiger partial charge in [-0.1, -0.05) is 35.5 Å². The number of nitriles is 1. The Morgan fingerprint density at radius 3 is 2.68 bits per heavy atom. The molecule has 0 amide bonds. The number of pyridine rings is 1. The van der Waals surface area contributed by atoms with Crippen LogP contribution >= 0.6 is 12.4 Å². The average Bonchev–Trinajstić information content (AvgIpc) is 3.12. The summed E-state index contributed by atoms with van der Waals surface area (Å²) < 4.78 is 20.1. The lowest BCUT2D eigenvalue weighted by Gasteiger charge is -2.16. The van der Waals surface area contributed by atoms with Gasteiger partial charge < -0.3 is 10.3 Å². The summed E-state index contributed by atoms with van der Waals surface area (Å²) in [6.45, 7) is 0. The van der Waals surface area contributed by atoms with E-state index in [0.29, 0.717) is 40.2 Å². The molecule has 0 fully saturated rings. The van der Waals surface area contributed by atoms with E-state index >= 15 is 0 Å². The highest BCUT2D eigenvalue weighted by molar-refractivity contribution is 5.92. The van der Waals surface area contributed by atoms with Crippen molar-refractivity contribution in [3.8, 4) is 17.3 Å². The number of aromatic nitrogens is 2. The first-order chi connectivity index (χ1) is 13.2. The molecule has 4 rings (SSSR count). The number of nitrogens with two attached hydrogens (primary N) is 1. The molecule has 0 saturated heterocycles. The highest BCUT2D eigenvalue weighted by atomic mass is 35.5. The first-order valence-electron chi connectivity index (χ1n) is 8.42. The Morgan fingerprint density at radius 1 is 1.07 bits per heavy atom. The van der Waals surface area contributed by atoms with Crippen molar-refractivity contribution in [2.24, 2.45) is 5.73 Å². The molecule has 5 nitrogen and oxygen atoms in total. The van der Waals surface area contributed by atoms with E-state index in [1.165, 1.54) is 6.07 Å². The second-order valence-electron chi connectivity index (χ2n) is 6.16. The van der Waals surface area contributed by atoms with E-state index in [1.807, 2.05) is 30.3 Å². The zero-order valence-electron chi connectivity index (χ0n) is 14.7. The molecule has 2 heterocycles. The molecule has 2 aromatic heterocycles. The zero-order valence-corrected chi connectivity index (χ0v) is 15.5. The summed E-state index contributed by atoms with van der Waals surface area (Å²) in [7, 11) is 0. The molecule has 0 bridgehead atoms. The van der Waals surface area contributed by atoms with Gasteiger partial charge in [0.25, 0.3) is 0 Å². The summed E-state index contributed by atoms with van der Waals surface area (Å²) in [5.41, 5.74) is 9.39. The van der Waals surface area contributed by atoms with Crippen LogP contribution < -0.4 is 5.73 Å². The second kappa shape index (κ2) is 8.17. The van der Waals surface area contributed by atoms with Gasteiger partial charge in [0.2, 0.25) is 0 Å². The lowest BCUT2D eigenvalue weighted by molar-refractivity contribution is 0.459. The Labute approximate surface area is 167 Å². The van der Waals surface area contributed by atoms with Crippen LogP contribution in [-0.4, -0.2) is 10.1 Å². The summed E-state index contributed by atoms with van der Waals surface area (Å²) in [6.07, 6.45) is 0.291. The predicted molar refractivity (Wildman–Crippen MR) is 106 cm³/mol. The average molecular weight is 395 g/mol. The van der Waals surface area contributed by atoms with Crippen molar-refractivity contribution in [1.29, 1.82) is 5.26 Å². The normalized spacial score (nSPS) is 11.6. The van der Waals surface area contributed by atoms with Crippen molar-refractivity contribution in [2.75, 3.05) is 0 Å². The first-order valence-corrected chi connectivity index (χ1v) is 8.42. The van der Waals surface area contributed by atoms with Crippen LogP contribution in [0.25, 0.3) is 22.2 Å². The van der Waals surface area contributed by atoms with Crippen molar-refractivity contribution in [2.45, 2.75) is 12.5 Å². The van der Waals surface area contributed by atoms with Crippen molar-refractivity contribution in [3.63, 3.8) is 0 Å². The maximum Gasteiger partial charge on any atom is 0.167 e. The number of hydrogen-bond acceptors (Lipinski definition) is 5.